The summed E-state index contributed by atoms with van der Waals surface area (Å²) in [7, 11) is 1.50. The van der Waals surface area contributed by atoms with Crippen LogP contribution in [0.4, 0.5) is 0 Å². The predicted octanol–water partition coefficient (Wildman–Crippen LogP) is 1.08. The molecule has 1 aromatic carbocycles. The van der Waals surface area contributed by atoms with Crippen molar-refractivity contribution in [1.29, 1.82) is 0 Å². The molecule has 0 spiro atoms. The van der Waals surface area contributed by atoms with Crippen molar-refractivity contribution in [2.45, 2.75) is 6.92 Å². The van der Waals surface area contributed by atoms with E-state index in [9.17, 15) is 4.79 Å². The van der Waals surface area contributed by atoms with Crippen LogP contribution in [0.15, 0.2) is 22.6 Å². The first-order chi connectivity index (χ1) is 7.08. The third kappa shape index (κ3) is 1.69. The Morgan fingerprint density at radius 2 is 2.27 bits per heavy atom. The molecule has 15 heavy (non-hydrogen) atoms. The van der Waals surface area contributed by atoms with Crippen molar-refractivity contribution >= 4 is 17.0 Å². The largest absolute Gasteiger partial charge is 0.441 e. The predicted molar refractivity (Wildman–Crippen MR) is 55.0 cm³/mol. The Bertz CT molecular complexity index is 516. The van der Waals surface area contributed by atoms with Gasteiger partial charge in [-0.25, -0.2) is 10.8 Å². The fourth-order valence-electron chi connectivity index (χ4n) is 1.38. The number of nitrogens with zero attached hydrogens (tertiary/aromatic N) is 2. The molecule has 78 valence electrons. The molecule has 0 aliphatic rings. The van der Waals surface area contributed by atoms with Crippen molar-refractivity contribution in [3.63, 3.8) is 0 Å². The summed E-state index contributed by atoms with van der Waals surface area (Å²) in [6.07, 6.45) is 0. The second-order valence-corrected chi connectivity index (χ2v) is 3.33. The summed E-state index contributed by atoms with van der Waals surface area (Å²) in [4.78, 5) is 15.7. The number of aromatic nitrogens is 1. The summed E-state index contributed by atoms with van der Waals surface area (Å²) in [5.41, 5.74) is 1.83. The van der Waals surface area contributed by atoms with Gasteiger partial charge >= 0.3 is 0 Å². The fraction of sp³-hybridized carbons (Fsp3) is 0.200. The molecule has 1 aromatic heterocycles. The highest BCUT2D eigenvalue weighted by Gasteiger charge is 2.10. The molecule has 2 rings (SSSR count). The number of hydrogen-bond donors (Lipinski definition) is 1. The van der Waals surface area contributed by atoms with Gasteiger partial charge < -0.3 is 4.42 Å². The first-order valence-corrected chi connectivity index (χ1v) is 4.48. The van der Waals surface area contributed by atoms with Crippen LogP contribution in [0.25, 0.3) is 11.1 Å². The zero-order valence-corrected chi connectivity index (χ0v) is 8.52. The Morgan fingerprint density at radius 1 is 1.53 bits per heavy atom. The second-order valence-electron chi connectivity index (χ2n) is 3.33. The Kier molecular flexibility index (Phi) is 2.17. The second kappa shape index (κ2) is 3.36. The molecule has 2 N–H and O–H groups in total. The van der Waals surface area contributed by atoms with E-state index in [1.807, 2.05) is 0 Å². The van der Waals surface area contributed by atoms with Gasteiger partial charge in [0.15, 0.2) is 11.5 Å². The first-order valence-electron chi connectivity index (χ1n) is 4.48. The van der Waals surface area contributed by atoms with Crippen molar-refractivity contribution in [2.75, 3.05) is 7.05 Å². The molecule has 0 aliphatic carbocycles. The van der Waals surface area contributed by atoms with Crippen LogP contribution in [0.5, 0.6) is 0 Å². The van der Waals surface area contributed by atoms with Gasteiger partial charge in [-0.1, -0.05) is 0 Å². The van der Waals surface area contributed by atoms with E-state index in [2.05, 4.69) is 4.98 Å². The molecule has 0 radical (unpaired) electrons. The van der Waals surface area contributed by atoms with E-state index >= 15 is 0 Å². The number of carbonyl (C=O) groups is 1. The summed E-state index contributed by atoms with van der Waals surface area (Å²) in [6.45, 7) is 1.76. The van der Waals surface area contributed by atoms with Gasteiger partial charge in [-0.05, 0) is 18.2 Å². The molecule has 0 saturated heterocycles. The molecule has 0 aliphatic heterocycles. The number of fused-ring (bicyclic) bond motifs is 1. The molecular formula is C10H11N3O2. The van der Waals surface area contributed by atoms with Crippen LogP contribution in [-0.4, -0.2) is 22.9 Å². The van der Waals surface area contributed by atoms with Crippen LogP contribution in [0.2, 0.25) is 0 Å². The summed E-state index contributed by atoms with van der Waals surface area (Å²) in [5.74, 6) is 5.68. The van der Waals surface area contributed by atoms with Crippen molar-refractivity contribution in [3.05, 3.63) is 29.7 Å². The summed E-state index contributed by atoms with van der Waals surface area (Å²) < 4.78 is 5.32. The SMILES string of the molecule is Cc1nc2ccc(C(=O)N(C)N)cc2o1. The highest BCUT2D eigenvalue weighted by molar-refractivity contribution is 5.96. The third-order valence-corrected chi connectivity index (χ3v) is 2.06. The lowest BCUT2D eigenvalue weighted by atomic mass is 10.2. The Hall–Kier alpha value is -1.88. The molecule has 5 nitrogen and oxygen atoms in total. The summed E-state index contributed by atoms with van der Waals surface area (Å²) in [5, 5.41) is 1.03. The number of benzene rings is 1. The Morgan fingerprint density at radius 3 is 2.93 bits per heavy atom. The van der Waals surface area contributed by atoms with Gasteiger partial charge in [0.2, 0.25) is 0 Å². The van der Waals surface area contributed by atoms with Gasteiger partial charge in [0, 0.05) is 19.5 Å². The fourth-order valence-corrected chi connectivity index (χ4v) is 1.38. The van der Waals surface area contributed by atoms with Gasteiger partial charge in [0.1, 0.15) is 5.52 Å². The maximum atomic E-state index is 11.5. The number of aryl methyl sites for hydroxylation is 1. The first kappa shape index (κ1) is 9.67. The van der Waals surface area contributed by atoms with E-state index in [1.54, 1.807) is 25.1 Å². The molecule has 0 fully saturated rings. The lowest BCUT2D eigenvalue weighted by Crippen LogP contribution is -2.32. The minimum absolute atomic E-state index is 0.258. The van der Waals surface area contributed by atoms with Crippen LogP contribution < -0.4 is 5.84 Å². The van der Waals surface area contributed by atoms with E-state index in [0.717, 1.165) is 10.5 Å². The molecular weight excluding hydrogens is 194 g/mol. The zero-order valence-electron chi connectivity index (χ0n) is 8.52. The number of hydrogen-bond acceptors (Lipinski definition) is 4. The quantitative estimate of drug-likeness (QED) is 0.429. The van der Waals surface area contributed by atoms with Crippen molar-refractivity contribution in [3.8, 4) is 0 Å². The maximum Gasteiger partial charge on any atom is 0.267 e. The Balaban J connectivity index is 2.51. The molecule has 1 amide bonds. The van der Waals surface area contributed by atoms with E-state index in [1.165, 1.54) is 7.05 Å². The van der Waals surface area contributed by atoms with E-state index < -0.39 is 0 Å². The molecule has 0 atom stereocenters. The van der Waals surface area contributed by atoms with Gasteiger partial charge in [-0.3, -0.25) is 9.80 Å². The normalized spacial score (nSPS) is 10.6. The summed E-state index contributed by atoms with van der Waals surface area (Å²) in [6, 6.07) is 5.06. The molecule has 0 saturated carbocycles. The molecule has 1 heterocycles. The lowest BCUT2D eigenvalue weighted by Gasteiger charge is -2.08. The van der Waals surface area contributed by atoms with Crippen LogP contribution in [0, 0.1) is 6.92 Å². The number of rotatable bonds is 1. The van der Waals surface area contributed by atoms with Crippen LogP contribution in [0.3, 0.4) is 0 Å². The number of amides is 1. The van der Waals surface area contributed by atoms with Gasteiger partial charge in [-0.2, -0.15) is 0 Å². The molecule has 5 heteroatoms. The van der Waals surface area contributed by atoms with Crippen LogP contribution in [-0.2, 0) is 0 Å². The van der Waals surface area contributed by atoms with E-state index in [-0.39, 0.29) is 5.91 Å². The van der Waals surface area contributed by atoms with Crippen LogP contribution in [0.1, 0.15) is 16.2 Å². The number of carbonyl (C=O) groups excluding carboxylic acids is 1. The van der Waals surface area contributed by atoms with Crippen LogP contribution >= 0.6 is 0 Å². The third-order valence-electron chi connectivity index (χ3n) is 2.06. The lowest BCUT2D eigenvalue weighted by molar-refractivity contribution is 0.0795. The summed E-state index contributed by atoms with van der Waals surface area (Å²) >= 11 is 0. The maximum absolute atomic E-state index is 11.5. The van der Waals surface area contributed by atoms with E-state index in [4.69, 9.17) is 10.3 Å². The van der Waals surface area contributed by atoms with E-state index in [0.29, 0.717) is 17.0 Å². The zero-order chi connectivity index (χ0) is 11.0. The molecule has 2 aromatic rings. The van der Waals surface area contributed by atoms with Gasteiger partial charge in [-0.15, -0.1) is 0 Å². The standard InChI is InChI=1S/C10H11N3O2/c1-6-12-8-4-3-7(5-9(8)15-6)10(14)13(2)11/h3-5H,11H2,1-2H3. The Labute approximate surface area is 86.5 Å². The average Bonchev–Trinajstić information content (AvgIpc) is 2.55. The topological polar surface area (TPSA) is 72.4 Å². The monoisotopic (exact) mass is 205 g/mol. The molecule has 0 unspecified atom stereocenters. The minimum atomic E-state index is -0.258. The van der Waals surface area contributed by atoms with Gasteiger partial charge in [0.25, 0.3) is 5.91 Å². The van der Waals surface area contributed by atoms with Gasteiger partial charge in [0.05, 0.1) is 0 Å². The number of hydrazine groups is 1. The van der Waals surface area contributed by atoms with Crippen molar-refractivity contribution in [2.24, 2.45) is 5.84 Å². The number of oxazole rings is 1. The van der Waals surface area contributed by atoms with Crippen molar-refractivity contribution < 1.29 is 9.21 Å². The number of nitrogens with two attached hydrogens (primary N) is 1. The smallest absolute Gasteiger partial charge is 0.267 e. The molecule has 0 bridgehead atoms. The highest BCUT2D eigenvalue weighted by atomic mass is 16.3. The highest BCUT2D eigenvalue weighted by Crippen LogP contribution is 2.17. The average molecular weight is 205 g/mol. The minimum Gasteiger partial charge on any atom is -0.441 e. The van der Waals surface area contributed by atoms with Crippen molar-refractivity contribution in [1.82, 2.24) is 9.99 Å².